The first kappa shape index (κ1) is 16.5. The molecule has 0 radical (unpaired) electrons. The first-order chi connectivity index (χ1) is 10.9. The topological polar surface area (TPSA) is 88.9 Å². The highest BCUT2D eigenvalue weighted by molar-refractivity contribution is 7.88. The number of carbonyl (C=O) groups excluding carboxylic acids is 1. The van der Waals surface area contributed by atoms with Crippen molar-refractivity contribution < 1.29 is 22.4 Å². The van der Waals surface area contributed by atoms with Gasteiger partial charge in [0.1, 0.15) is 5.76 Å². The van der Waals surface area contributed by atoms with Crippen molar-refractivity contribution in [2.24, 2.45) is 0 Å². The number of hydrogen-bond donors (Lipinski definition) is 1. The number of nitrogens with zero attached hydrogens (tertiary/aromatic N) is 1. The van der Waals surface area contributed by atoms with Crippen molar-refractivity contribution in [3.05, 3.63) is 24.2 Å². The molecule has 0 unspecified atom stereocenters. The van der Waals surface area contributed by atoms with E-state index in [0.29, 0.717) is 38.3 Å². The minimum absolute atomic E-state index is 0.0126. The molecule has 3 rings (SSSR count). The zero-order valence-electron chi connectivity index (χ0n) is 13.2. The Labute approximate surface area is 136 Å². The van der Waals surface area contributed by atoms with Crippen LogP contribution in [0.3, 0.4) is 0 Å². The minimum atomic E-state index is -3.23. The van der Waals surface area contributed by atoms with E-state index in [1.165, 1.54) is 6.26 Å². The van der Waals surface area contributed by atoms with Gasteiger partial charge in [-0.25, -0.2) is 13.1 Å². The van der Waals surface area contributed by atoms with Gasteiger partial charge in [-0.3, -0.25) is 4.79 Å². The van der Waals surface area contributed by atoms with E-state index in [1.807, 2.05) is 0 Å². The molecule has 7 nitrogen and oxygen atoms in total. The summed E-state index contributed by atoms with van der Waals surface area (Å²) in [6, 6.07) is 3.42. The summed E-state index contributed by atoms with van der Waals surface area (Å²) in [5.74, 6) is 0.663. The lowest BCUT2D eigenvalue weighted by molar-refractivity contribution is -0.132. The first-order valence-corrected chi connectivity index (χ1v) is 9.66. The maximum atomic E-state index is 12.3. The summed E-state index contributed by atoms with van der Waals surface area (Å²) in [4.78, 5) is 14.1. The van der Waals surface area contributed by atoms with Crippen molar-refractivity contribution in [1.29, 1.82) is 0 Å². The lowest BCUT2D eigenvalue weighted by Crippen LogP contribution is -2.50. The maximum absolute atomic E-state index is 12.3. The van der Waals surface area contributed by atoms with Crippen molar-refractivity contribution in [2.75, 3.05) is 26.0 Å². The molecule has 0 bridgehead atoms. The standard InChI is InChI=1S/C15H22N2O5S/c1-23(19,20)16-12-4-8-22-15(10-12)5-6-17(11-15)14(18)9-13-3-2-7-21-13/h2-3,7,12,16H,4-6,8-11H2,1H3/t12-,15-/m0/s1. The van der Waals surface area contributed by atoms with Crippen LogP contribution in [0.1, 0.15) is 25.0 Å². The Bertz CT molecular complexity index is 657. The monoisotopic (exact) mass is 342 g/mol. The number of sulfonamides is 1. The molecule has 1 N–H and O–H groups in total. The number of furan rings is 1. The molecule has 1 aromatic rings. The number of amides is 1. The molecule has 2 aliphatic heterocycles. The summed E-state index contributed by atoms with van der Waals surface area (Å²) in [7, 11) is -3.23. The van der Waals surface area contributed by atoms with Crippen molar-refractivity contribution in [2.45, 2.75) is 37.3 Å². The molecule has 3 heterocycles. The van der Waals surface area contributed by atoms with Crippen LogP contribution in [-0.4, -0.2) is 56.8 Å². The molecular weight excluding hydrogens is 320 g/mol. The largest absolute Gasteiger partial charge is 0.469 e. The van der Waals surface area contributed by atoms with E-state index in [0.717, 1.165) is 6.42 Å². The van der Waals surface area contributed by atoms with E-state index in [-0.39, 0.29) is 18.4 Å². The Morgan fingerprint density at radius 1 is 1.52 bits per heavy atom. The summed E-state index contributed by atoms with van der Waals surface area (Å²) in [6.07, 6.45) is 4.97. The molecular formula is C15H22N2O5S. The number of rotatable bonds is 4. The van der Waals surface area contributed by atoms with Crippen LogP contribution in [0, 0.1) is 0 Å². The highest BCUT2D eigenvalue weighted by atomic mass is 32.2. The fourth-order valence-corrected chi connectivity index (χ4v) is 4.25. The van der Waals surface area contributed by atoms with E-state index in [9.17, 15) is 13.2 Å². The van der Waals surface area contributed by atoms with E-state index < -0.39 is 15.6 Å². The highest BCUT2D eigenvalue weighted by Gasteiger charge is 2.45. The third-order valence-electron chi connectivity index (χ3n) is 4.45. The lowest BCUT2D eigenvalue weighted by Gasteiger charge is -2.38. The van der Waals surface area contributed by atoms with Gasteiger partial charge in [0.25, 0.3) is 0 Å². The Hall–Kier alpha value is -1.38. The van der Waals surface area contributed by atoms with Crippen LogP contribution < -0.4 is 4.72 Å². The summed E-state index contributed by atoms with van der Waals surface area (Å²) in [5, 5.41) is 0. The van der Waals surface area contributed by atoms with Crippen LogP contribution in [0.15, 0.2) is 22.8 Å². The second-order valence-corrected chi connectivity index (χ2v) is 8.21. The highest BCUT2D eigenvalue weighted by Crippen LogP contribution is 2.34. The summed E-state index contributed by atoms with van der Waals surface area (Å²) in [5.41, 5.74) is -0.431. The van der Waals surface area contributed by atoms with E-state index in [4.69, 9.17) is 9.15 Å². The van der Waals surface area contributed by atoms with Gasteiger partial charge in [0.15, 0.2) is 0 Å². The third-order valence-corrected chi connectivity index (χ3v) is 5.21. The summed E-state index contributed by atoms with van der Waals surface area (Å²) in [6.45, 7) is 1.65. The van der Waals surface area contributed by atoms with Gasteiger partial charge >= 0.3 is 0 Å². The van der Waals surface area contributed by atoms with E-state index in [1.54, 1.807) is 23.3 Å². The predicted octanol–water partition coefficient (Wildman–Crippen LogP) is 0.521. The lowest BCUT2D eigenvalue weighted by atomic mass is 9.90. The van der Waals surface area contributed by atoms with Crippen LogP contribution in [0.2, 0.25) is 0 Å². The smallest absolute Gasteiger partial charge is 0.230 e. The number of hydrogen-bond acceptors (Lipinski definition) is 5. The molecule has 23 heavy (non-hydrogen) atoms. The van der Waals surface area contributed by atoms with Crippen molar-refractivity contribution in [3.8, 4) is 0 Å². The molecule has 2 saturated heterocycles. The van der Waals surface area contributed by atoms with Crippen LogP contribution in [0.25, 0.3) is 0 Å². The molecule has 1 amide bonds. The SMILES string of the molecule is CS(=O)(=O)N[C@H]1CCO[C@@]2(CCN(C(=O)Cc3ccco3)C2)C1. The zero-order chi connectivity index (χ0) is 16.5. The molecule has 0 saturated carbocycles. The summed E-state index contributed by atoms with van der Waals surface area (Å²) < 4.78 is 36.7. The molecule has 1 spiro atoms. The van der Waals surface area contributed by atoms with E-state index in [2.05, 4.69) is 4.72 Å². The Kier molecular flexibility index (Phi) is 4.48. The predicted molar refractivity (Wildman–Crippen MR) is 83.3 cm³/mol. The molecule has 2 atom stereocenters. The fourth-order valence-electron chi connectivity index (χ4n) is 3.45. The van der Waals surface area contributed by atoms with Crippen LogP contribution in [0.4, 0.5) is 0 Å². The van der Waals surface area contributed by atoms with Crippen LogP contribution in [-0.2, 0) is 26.0 Å². The first-order valence-electron chi connectivity index (χ1n) is 7.77. The Balaban J connectivity index is 1.60. The van der Waals surface area contributed by atoms with Gasteiger partial charge in [0, 0.05) is 25.7 Å². The Morgan fingerprint density at radius 3 is 3.04 bits per heavy atom. The fraction of sp³-hybridized carbons (Fsp3) is 0.667. The number of ether oxygens (including phenoxy) is 1. The second kappa shape index (κ2) is 6.26. The normalized spacial score (nSPS) is 28.4. The average molecular weight is 342 g/mol. The van der Waals surface area contributed by atoms with Crippen LogP contribution >= 0.6 is 0 Å². The molecule has 1 aromatic heterocycles. The van der Waals surface area contributed by atoms with Crippen molar-refractivity contribution in [1.82, 2.24) is 9.62 Å². The number of carbonyl (C=O) groups is 1. The maximum Gasteiger partial charge on any atom is 0.230 e. The minimum Gasteiger partial charge on any atom is -0.469 e. The third kappa shape index (κ3) is 4.13. The summed E-state index contributed by atoms with van der Waals surface area (Å²) >= 11 is 0. The quantitative estimate of drug-likeness (QED) is 0.862. The van der Waals surface area contributed by atoms with E-state index >= 15 is 0 Å². The van der Waals surface area contributed by atoms with Gasteiger partial charge in [-0.1, -0.05) is 0 Å². The van der Waals surface area contributed by atoms with Gasteiger partial charge in [0.05, 0.1) is 24.5 Å². The molecule has 128 valence electrons. The molecule has 0 aliphatic carbocycles. The number of nitrogens with one attached hydrogen (secondary N) is 1. The van der Waals surface area contributed by atoms with Crippen molar-refractivity contribution >= 4 is 15.9 Å². The molecule has 2 fully saturated rings. The van der Waals surface area contributed by atoms with Gasteiger partial charge in [-0.05, 0) is 31.4 Å². The average Bonchev–Trinajstić information content (AvgIpc) is 3.07. The molecule has 0 aromatic carbocycles. The van der Waals surface area contributed by atoms with Crippen LogP contribution in [0.5, 0.6) is 0 Å². The number of likely N-dealkylation sites (tertiary alicyclic amines) is 1. The second-order valence-electron chi connectivity index (χ2n) is 6.43. The van der Waals surface area contributed by atoms with Gasteiger partial charge < -0.3 is 14.1 Å². The van der Waals surface area contributed by atoms with Gasteiger partial charge in [0.2, 0.25) is 15.9 Å². The van der Waals surface area contributed by atoms with Gasteiger partial charge in [-0.15, -0.1) is 0 Å². The van der Waals surface area contributed by atoms with Gasteiger partial charge in [-0.2, -0.15) is 0 Å². The Morgan fingerprint density at radius 2 is 2.35 bits per heavy atom. The molecule has 8 heteroatoms. The van der Waals surface area contributed by atoms with Crippen molar-refractivity contribution in [3.63, 3.8) is 0 Å². The molecule has 2 aliphatic rings. The zero-order valence-corrected chi connectivity index (χ0v) is 14.0.